The van der Waals surface area contributed by atoms with Crippen molar-refractivity contribution in [3.05, 3.63) is 58.2 Å². The number of nitrogens with zero attached hydrogens (tertiary/aromatic N) is 4. The summed E-state index contributed by atoms with van der Waals surface area (Å²) in [6.07, 6.45) is 1.65. The van der Waals surface area contributed by atoms with Crippen LogP contribution in [0, 0.1) is 6.92 Å². The van der Waals surface area contributed by atoms with Gasteiger partial charge in [-0.3, -0.25) is 14.5 Å². The number of pyridine rings is 1. The van der Waals surface area contributed by atoms with Gasteiger partial charge < -0.3 is 15.4 Å². The fraction of sp³-hybridized carbons (Fsp3) is 0.250. The van der Waals surface area contributed by atoms with Crippen molar-refractivity contribution in [3.8, 4) is 5.75 Å². The molecule has 156 valence electrons. The van der Waals surface area contributed by atoms with E-state index in [4.69, 9.17) is 4.74 Å². The SMILES string of the molecule is COc1ccc(NC(=O)c2nnc(CN(C)CC(=O)Nc3cc(C)ccn3)s2)cc1. The zero-order chi connectivity index (χ0) is 21.5. The second-order valence-corrected chi connectivity index (χ2v) is 7.68. The summed E-state index contributed by atoms with van der Waals surface area (Å²) < 4.78 is 5.10. The number of nitrogens with one attached hydrogen (secondary N) is 2. The summed E-state index contributed by atoms with van der Waals surface area (Å²) >= 11 is 1.18. The number of aromatic nitrogens is 3. The van der Waals surface area contributed by atoms with Gasteiger partial charge in [-0.2, -0.15) is 0 Å². The van der Waals surface area contributed by atoms with Gasteiger partial charge in [-0.15, -0.1) is 10.2 Å². The van der Waals surface area contributed by atoms with Crippen LogP contribution in [0.2, 0.25) is 0 Å². The number of anilines is 2. The van der Waals surface area contributed by atoms with Gasteiger partial charge in [-0.25, -0.2) is 4.98 Å². The number of carbonyl (C=O) groups excluding carboxylic acids is 2. The Morgan fingerprint density at radius 3 is 2.60 bits per heavy atom. The number of likely N-dealkylation sites (N-methyl/N-ethyl adjacent to an activating group) is 1. The van der Waals surface area contributed by atoms with Gasteiger partial charge in [0, 0.05) is 11.9 Å². The fourth-order valence-corrected chi connectivity index (χ4v) is 3.40. The number of hydrogen-bond donors (Lipinski definition) is 2. The van der Waals surface area contributed by atoms with E-state index in [1.165, 1.54) is 11.3 Å². The van der Waals surface area contributed by atoms with Crippen LogP contribution >= 0.6 is 11.3 Å². The Labute approximate surface area is 178 Å². The van der Waals surface area contributed by atoms with Crippen LogP contribution in [0.25, 0.3) is 0 Å². The van der Waals surface area contributed by atoms with E-state index in [9.17, 15) is 9.59 Å². The zero-order valence-corrected chi connectivity index (χ0v) is 17.7. The van der Waals surface area contributed by atoms with E-state index in [0.717, 1.165) is 5.56 Å². The van der Waals surface area contributed by atoms with Crippen LogP contribution in [0.5, 0.6) is 5.75 Å². The first-order valence-electron chi connectivity index (χ1n) is 9.12. The monoisotopic (exact) mass is 426 g/mol. The van der Waals surface area contributed by atoms with Gasteiger partial charge in [-0.05, 0) is 55.9 Å². The molecule has 2 N–H and O–H groups in total. The first kappa shape index (κ1) is 21.3. The highest BCUT2D eigenvalue weighted by Crippen LogP contribution is 2.17. The van der Waals surface area contributed by atoms with Crippen LogP contribution in [0.4, 0.5) is 11.5 Å². The molecule has 0 saturated heterocycles. The lowest BCUT2D eigenvalue weighted by Gasteiger charge is -2.14. The molecule has 0 saturated carbocycles. The molecule has 2 heterocycles. The maximum absolute atomic E-state index is 12.4. The van der Waals surface area contributed by atoms with Gasteiger partial charge in [0.25, 0.3) is 5.91 Å². The van der Waals surface area contributed by atoms with Gasteiger partial charge in [0.15, 0.2) is 0 Å². The first-order valence-corrected chi connectivity index (χ1v) is 9.93. The number of methoxy groups -OCH3 is 1. The number of aryl methyl sites for hydroxylation is 1. The molecular weight excluding hydrogens is 404 g/mol. The number of amides is 2. The summed E-state index contributed by atoms with van der Waals surface area (Å²) in [5.41, 5.74) is 1.65. The summed E-state index contributed by atoms with van der Waals surface area (Å²) in [7, 11) is 3.37. The lowest BCUT2D eigenvalue weighted by atomic mass is 10.3. The topological polar surface area (TPSA) is 109 Å². The molecule has 30 heavy (non-hydrogen) atoms. The molecule has 0 radical (unpaired) electrons. The van der Waals surface area contributed by atoms with Crippen molar-refractivity contribution in [1.29, 1.82) is 0 Å². The minimum Gasteiger partial charge on any atom is -0.497 e. The van der Waals surface area contributed by atoms with Crippen molar-refractivity contribution in [2.24, 2.45) is 0 Å². The highest BCUT2D eigenvalue weighted by atomic mass is 32.1. The summed E-state index contributed by atoms with van der Waals surface area (Å²) in [5.74, 6) is 0.700. The van der Waals surface area contributed by atoms with Crippen molar-refractivity contribution < 1.29 is 14.3 Å². The molecule has 0 aliphatic heterocycles. The molecule has 0 fully saturated rings. The Balaban J connectivity index is 1.51. The van der Waals surface area contributed by atoms with Gasteiger partial charge >= 0.3 is 0 Å². The van der Waals surface area contributed by atoms with Crippen molar-refractivity contribution >= 4 is 34.7 Å². The molecule has 0 aliphatic rings. The summed E-state index contributed by atoms with van der Waals surface area (Å²) in [5, 5.41) is 14.4. The number of rotatable bonds is 8. The number of ether oxygens (including phenoxy) is 1. The van der Waals surface area contributed by atoms with E-state index in [0.29, 0.717) is 28.8 Å². The van der Waals surface area contributed by atoms with Crippen LogP contribution in [0.1, 0.15) is 20.4 Å². The molecule has 0 aliphatic carbocycles. The molecule has 2 amide bonds. The molecule has 0 bridgehead atoms. The average molecular weight is 427 g/mol. The fourth-order valence-electron chi connectivity index (χ4n) is 2.59. The Bertz CT molecular complexity index is 1020. The lowest BCUT2D eigenvalue weighted by Crippen LogP contribution is -2.30. The third-order valence-electron chi connectivity index (χ3n) is 4.01. The molecule has 3 rings (SSSR count). The van der Waals surface area contributed by atoms with Gasteiger partial charge in [0.05, 0.1) is 20.2 Å². The van der Waals surface area contributed by atoms with E-state index in [2.05, 4.69) is 25.8 Å². The highest BCUT2D eigenvalue weighted by Gasteiger charge is 2.15. The Morgan fingerprint density at radius 1 is 1.13 bits per heavy atom. The van der Waals surface area contributed by atoms with E-state index in [1.54, 1.807) is 55.6 Å². The molecule has 1 aromatic carbocycles. The van der Waals surface area contributed by atoms with Crippen LogP contribution < -0.4 is 15.4 Å². The van der Waals surface area contributed by atoms with Crippen molar-refractivity contribution in [1.82, 2.24) is 20.1 Å². The quantitative estimate of drug-likeness (QED) is 0.570. The maximum atomic E-state index is 12.4. The Kier molecular flexibility index (Phi) is 7.04. The summed E-state index contributed by atoms with van der Waals surface area (Å²) in [6.45, 7) is 2.48. The molecule has 9 nitrogen and oxygen atoms in total. The minimum atomic E-state index is -0.338. The Morgan fingerprint density at radius 2 is 1.90 bits per heavy atom. The number of hydrogen-bond acceptors (Lipinski definition) is 8. The Hall–Kier alpha value is -3.37. The average Bonchev–Trinajstić information content (AvgIpc) is 3.17. The third-order valence-corrected chi connectivity index (χ3v) is 4.92. The lowest BCUT2D eigenvalue weighted by molar-refractivity contribution is -0.117. The largest absolute Gasteiger partial charge is 0.497 e. The number of benzene rings is 1. The van der Waals surface area contributed by atoms with E-state index in [1.807, 2.05) is 13.0 Å². The van der Waals surface area contributed by atoms with Crippen LogP contribution in [-0.4, -0.2) is 52.6 Å². The molecule has 0 unspecified atom stereocenters. The van der Waals surface area contributed by atoms with Crippen LogP contribution in [0.3, 0.4) is 0 Å². The predicted octanol–water partition coefficient (Wildman–Crippen LogP) is 2.57. The predicted molar refractivity (Wildman–Crippen MR) is 115 cm³/mol. The minimum absolute atomic E-state index is 0.155. The molecular formula is C20H22N6O3S. The third kappa shape index (κ3) is 6.06. The van der Waals surface area contributed by atoms with Gasteiger partial charge in [0.1, 0.15) is 16.6 Å². The van der Waals surface area contributed by atoms with E-state index >= 15 is 0 Å². The maximum Gasteiger partial charge on any atom is 0.286 e. The summed E-state index contributed by atoms with van der Waals surface area (Å²) in [6, 6.07) is 10.7. The molecule has 3 aromatic rings. The normalized spacial score (nSPS) is 10.7. The first-order chi connectivity index (χ1) is 14.4. The summed E-state index contributed by atoms with van der Waals surface area (Å²) in [4.78, 5) is 30.4. The van der Waals surface area contributed by atoms with Crippen LogP contribution in [-0.2, 0) is 11.3 Å². The smallest absolute Gasteiger partial charge is 0.286 e. The van der Waals surface area contributed by atoms with Crippen LogP contribution in [0.15, 0.2) is 42.6 Å². The standard InChI is InChI=1S/C20H22N6O3S/c1-13-8-9-21-16(10-13)23-17(27)11-26(2)12-18-24-25-20(30-18)19(28)22-14-4-6-15(29-3)7-5-14/h4-10H,11-12H2,1-3H3,(H,22,28)(H,21,23,27). The molecule has 0 atom stereocenters. The van der Waals surface area contributed by atoms with Crippen molar-refractivity contribution in [2.75, 3.05) is 31.3 Å². The van der Waals surface area contributed by atoms with E-state index < -0.39 is 0 Å². The molecule has 10 heteroatoms. The van der Waals surface area contributed by atoms with E-state index in [-0.39, 0.29) is 23.4 Å². The second-order valence-electron chi connectivity index (χ2n) is 6.62. The molecule has 2 aromatic heterocycles. The van der Waals surface area contributed by atoms with Gasteiger partial charge in [-0.1, -0.05) is 11.3 Å². The zero-order valence-electron chi connectivity index (χ0n) is 16.9. The second kappa shape index (κ2) is 9.90. The van der Waals surface area contributed by atoms with Gasteiger partial charge in [0.2, 0.25) is 10.9 Å². The van der Waals surface area contributed by atoms with Crippen molar-refractivity contribution in [3.63, 3.8) is 0 Å². The number of carbonyl (C=O) groups is 2. The highest BCUT2D eigenvalue weighted by molar-refractivity contribution is 7.13. The molecule has 0 spiro atoms. The van der Waals surface area contributed by atoms with Crippen molar-refractivity contribution in [2.45, 2.75) is 13.5 Å².